The normalized spacial score (nSPS) is 21.4. The van der Waals surface area contributed by atoms with Gasteiger partial charge in [-0.25, -0.2) is 9.78 Å². The third kappa shape index (κ3) is 3.43. The minimum atomic E-state index is -0.365. The number of ether oxygens (including phenoxy) is 2. The van der Waals surface area contributed by atoms with Crippen LogP contribution in [0.1, 0.15) is 36.5 Å². The summed E-state index contributed by atoms with van der Waals surface area (Å²) in [6.07, 6.45) is 2.70. The lowest BCUT2D eigenvalue weighted by Gasteiger charge is -2.24. The number of fused-ring (bicyclic) bond motifs is 1. The Hall–Kier alpha value is -2.61. The third-order valence-corrected chi connectivity index (χ3v) is 6.40. The predicted octanol–water partition coefficient (Wildman–Crippen LogP) is 2.31. The highest BCUT2D eigenvalue weighted by Crippen LogP contribution is 2.42. The second-order valence-electron chi connectivity index (χ2n) is 8.25. The second-order valence-corrected chi connectivity index (χ2v) is 8.25. The lowest BCUT2D eigenvalue weighted by Crippen LogP contribution is -2.38. The molecule has 0 radical (unpaired) electrons. The molecule has 0 saturated carbocycles. The highest BCUT2D eigenvalue weighted by Gasteiger charge is 2.51. The van der Waals surface area contributed by atoms with Gasteiger partial charge in [-0.05, 0) is 37.5 Å². The Morgan fingerprint density at radius 1 is 1.20 bits per heavy atom. The number of esters is 1. The number of aromatic nitrogens is 2. The molecule has 1 unspecified atom stereocenters. The van der Waals surface area contributed by atoms with Crippen LogP contribution < -0.4 is 4.90 Å². The van der Waals surface area contributed by atoms with Crippen LogP contribution in [0.5, 0.6) is 0 Å². The van der Waals surface area contributed by atoms with Gasteiger partial charge in [0.25, 0.3) is 0 Å². The maximum Gasteiger partial charge on any atom is 0.337 e. The molecule has 1 amide bonds. The number of benzene rings is 1. The molecule has 0 bridgehead atoms. The van der Waals surface area contributed by atoms with Gasteiger partial charge in [-0.2, -0.15) is 0 Å². The number of aryl methyl sites for hydroxylation is 1. The number of carbonyl (C=O) groups excluding carboxylic acids is 2. The van der Waals surface area contributed by atoms with Crippen molar-refractivity contribution in [3.8, 4) is 0 Å². The molecule has 4 rings (SSSR count). The van der Waals surface area contributed by atoms with Gasteiger partial charge in [0.15, 0.2) is 0 Å². The first kappa shape index (κ1) is 20.7. The molecule has 0 N–H and O–H groups in total. The summed E-state index contributed by atoms with van der Waals surface area (Å²) in [7, 11) is 3.04. The van der Waals surface area contributed by atoms with Crippen molar-refractivity contribution in [3.05, 3.63) is 23.8 Å². The van der Waals surface area contributed by atoms with Gasteiger partial charge < -0.3 is 23.8 Å². The van der Waals surface area contributed by atoms with E-state index in [4.69, 9.17) is 14.5 Å². The Morgan fingerprint density at radius 3 is 2.73 bits per heavy atom. The van der Waals surface area contributed by atoms with E-state index in [1.807, 2.05) is 11.0 Å². The van der Waals surface area contributed by atoms with E-state index < -0.39 is 0 Å². The average Bonchev–Trinajstić information content (AvgIpc) is 3.43. The first-order chi connectivity index (χ1) is 14.5. The smallest absolute Gasteiger partial charge is 0.337 e. The minimum absolute atomic E-state index is 0.244. The van der Waals surface area contributed by atoms with E-state index in [-0.39, 0.29) is 17.3 Å². The number of likely N-dealkylation sites (tertiary alicyclic amines) is 1. The van der Waals surface area contributed by atoms with Crippen LogP contribution in [0.4, 0.5) is 5.95 Å². The quantitative estimate of drug-likeness (QED) is 0.647. The molecular weight excluding hydrogens is 384 g/mol. The summed E-state index contributed by atoms with van der Waals surface area (Å²) in [5.74, 6) is 0.762. The van der Waals surface area contributed by atoms with E-state index in [0.717, 1.165) is 55.9 Å². The number of methoxy groups -OCH3 is 2. The van der Waals surface area contributed by atoms with Crippen molar-refractivity contribution in [1.29, 1.82) is 0 Å². The van der Waals surface area contributed by atoms with Crippen LogP contribution in [-0.4, -0.2) is 73.3 Å². The zero-order valence-corrected chi connectivity index (χ0v) is 18.0. The summed E-state index contributed by atoms with van der Waals surface area (Å²) < 4.78 is 12.2. The van der Waals surface area contributed by atoms with Gasteiger partial charge in [0, 0.05) is 39.8 Å². The fourth-order valence-corrected chi connectivity index (χ4v) is 4.78. The Balaban J connectivity index is 1.62. The summed E-state index contributed by atoms with van der Waals surface area (Å²) in [4.78, 5) is 34.1. The summed E-state index contributed by atoms with van der Waals surface area (Å²) in [6.45, 7) is 6.48. The topological polar surface area (TPSA) is 76.9 Å². The summed E-state index contributed by atoms with van der Waals surface area (Å²) in [5, 5.41) is 0. The fraction of sp³-hybridized carbons (Fsp3) is 0.591. The second kappa shape index (κ2) is 8.26. The van der Waals surface area contributed by atoms with Gasteiger partial charge >= 0.3 is 5.97 Å². The van der Waals surface area contributed by atoms with E-state index in [9.17, 15) is 9.59 Å². The molecule has 1 spiro atoms. The van der Waals surface area contributed by atoms with E-state index in [1.54, 1.807) is 19.2 Å². The Labute approximate surface area is 176 Å². The van der Waals surface area contributed by atoms with Gasteiger partial charge in [0.2, 0.25) is 11.9 Å². The van der Waals surface area contributed by atoms with Crippen LogP contribution in [0, 0.1) is 5.41 Å². The van der Waals surface area contributed by atoms with Crippen molar-refractivity contribution in [1.82, 2.24) is 14.5 Å². The number of imidazole rings is 1. The fourth-order valence-electron chi connectivity index (χ4n) is 4.78. The third-order valence-electron chi connectivity index (χ3n) is 6.40. The number of rotatable bonds is 7. The van der Waals surface area contributed by atoms with E-state index in [1.165, 1.54) is 7.11 Å². The molecule has 3 heterocycles. The standard InChI is InChI=1S/C22H30N4O4/c1-4-9-26-18-6-5-16(19(27)30-3)14-17(18)23-21(26)25-11-8-22(15-25)7-10-24(20(22)28)12-13-29-2/h5-6,14H,4,7-13,15H2,1-3H3. The molecule has 2 fully saturated rings. The van der Waals surface area contributed by atoms with Gasteiger partial charge in [-0.15, -0.1) is 0 Å². The van der Waals surface area contributed by atoms with Crippen molar-refractivity contribution in [2.75, 3.05) is 51.9 Å². The van der Waals surface area contributed by atoms with Gasteiger partial charge in [0.1, 0.15) is 0 Å². The Kier molecular flexibility index (Phi) is 5.69. The van der Waals surface area contributed by atoms with Crippen LogP contribution in [0.2, 0.25) is 0 Å². The van der Waals surface area contributed by atoms with Gasteiger partial charge in [0.05, 0.1) is 35.7 Å². The number of anilines is 1. The van der Waals surface area contributed by atoms with Crippen molar-refractivity contribution in [2.45, 2.75) is 32.7 Å². The van der Waals surface area contributed by atoms with Crippen molar-refractivity contribution in [3.63, 3.8) is 0 Å². The molecule has 2 aliphatic rings. The highest BCUT2D eigenvalue weighted by atomic mass is 16.5. The lowest BCUT2D eigenvalue weighted by molar-refractivity contribution is -0.135. The van der Waals surface area contributed by atoms with Gasteiger partial charge in [-0.1, -0.05) is 6.92 Å². The number of nitrogens with zero attached hydrogens (tertiary/aromatic N) is 4. The van der Waals surface area contributed by atoms with E-state index >= 15 is 0 Å². The van der Waals surface area contributed by atoms with Crippen molar-refractivity contribution in [2.24, 2.45) is 5.41 Å². The molecule has 162 valence electrons. The van der Waals surface area contributed by atoms with Crippen LogP contribution in [0.15, 0.2) is 18.2 Å². The first-order valence-corrected chi connectivity index (χ1v) is 10.6. The van der Waals surface area contributed by atoms with E-state index in [0.29, 0.717) is 25.3 Å². The molecular formula is C22H30N4O4. The zero-order valence-electron chi connectivity index (χ0n) is 18.0. The number of amides is 1. The molecule has 8 nitrogen and oxygen atoms in total. The molecule has 8 heteroatoms. The van der Waals surface area contributed by atoms with Crippen molar-refractivity contribution >= 4 is 28.9 Å². The van der Waals surface area contributed by atoms with Gasteiger partial charge in [-0.3, -0.25) is 4.79 Å². The highest BCUT2D eigenvalue weighted by molar-refractivity contribution is 5.94. The molecule has 1 aromatic heterocycles. The number of hydrogen-bond donors (Lipinski definition) is 0. The molecule has 2 aromatic rings. The molecule has 1 atom stereocenters. The van der Waals surface area contributed by atoms with E-state index in [2.05, 4.69) is 16.4 Å². The maximum atomic E-state index is 13.1. The Bertz CT molecular complexity index is 956. The molecule has 30 heavy (non-hydrogen) atoms. The monoisotopic (exact) mass is 414 g/mol. The predicted molar refractivity (Wildman–Crippen MR) is 114 cm³/mol. The van der Waals surface area contributed by atoms with Crippen LogP contribution in [0.3, 0.4) is 0 Å². The number of hydrogen-bond acceptors (Lipinski definition) is 6. The van der Waals surface area contributed by atoms with Crippen molar-refractivity contribution < 1.29 is 19.1 Å². The van der Waals surface area contributed by atoms with Crippen LogP contribution in [-0.2, 0) is 20.8 Å². The molecule has 0 aliphatic carbocycles. The largest absolute Gasteiger partial charge is 0.465 e. The molecule has 2 aliphatic heterocycles. The maximum absolute atomic E-state index is 13.1. The molecule has 2 saturated heterocycles. The number of carbonyl (C=O) groups is 2. The average molecular weight is 415 g/mol. The SMILES string of the molecule is CCCn1c(N2CCC3(CCN(CCOC)C3=O)C2)nc2cc(C(=O)OC)ccc21. The van der Waals surface area contributed by atoms with Crippen LogP contribution >= 0.6 is 0 Å². The minimum Gasteiger partial charge on any atom is -0.465 e. The zero-order chi connectivity index (χ0) is 21.3. The van der Waals surface area contributed by atoms with Crippen LogP contribution in [0.25, 0.3) is 11.0 Å². The lowest BCUT2D eigenvalue weighted by atomic mass is 9.85. The molecule has 1 aromatic carbocycles. The summed E-state index contributed by atoms with van der Waals surface area (Å²) in [5.41, 5.74) is 1.96. The summed E-state index contributed by atoms with van der Waals surface area (Å²) >= 11 is 0. The Morgan fingerprint density at radius 2 is 2.00 bits per heavy atom. The summed E-state index contributed by atoms with van der Waals surface area (Å²) in [6, 6.07) is 5.51. The first-order valence-electron chi connectivity index (χ1n) is 10.6.